The molecule has 0 saturated carbocycles. The first-order valence-electron chi connectivity index (χ1n) is 4.36. The Hall–Kier alpha value is -0.330. The number of furan rings is 1. The lowest BCUT2D eigenvalue weighted by Crippen LogP contribution is -2.20. The molecule has 0 bridgehead atoms. The summed E-state index contributed by atoms with van der Waals surface area (Å²) < 4.78 is 8.93. The molecule has 0 aliphatic heterocycles. The van der Waals surface area contributed by atoms with Crippen molar-refractivity contribution in [3.05, 3.63) is 54.1 Å². The highest BCUT2D eigenvalue weighted by molar-refractivity contribution is 9.11. The first-order chi connectivity index (χ1) is 7.56. The molecule has 2 aromatic rings. The third-order valence-electron chi connectivity index (χ3n) is 1.96. The van der Waals surface area contributed by atoms with Crippen LogP contribution in [0, 0.1) is 0 Å². The fraction of sp³-hybridized carbons (Fsp3) is 0.100. The molecule has 3 nitrogen and oxygen atoms in total. The molecule has 16 heavy (non-hydrogen) atoms. The van der Waals surface area contributed by atoms with Crippen molar-refractivity contribution >= 4 is 47.8 Å². The van der Waals surface area contributed by atoms with E-state index in [4.69, 9.17) is 4.42 Å². The average Bonchev–Trinajstić information content (AvgIpc) is 2.60. The van der Waals surface area contributed by atoms with Crippen molar-refractivity contribution < 1.29 is 4.42 Å². The summed E-state index contributed by atoms with van der Waals surface area (Å²) in [6, 6.07) is 5.34. The van der Waals surface area contributed by atoms with Gasteiger partial charge in [0, 0.05) is 10.7 Å². The first-order valence-corrected chi connectivity index (χ1v) is 6.74. The van der Waals surface area contributed by atoms with Crippen molar-refractivity contribution in [3.63, 3.8) is 0 Å². The fourth-order valence-electron chi connectivity index (χ4n) is 1.29. The van der Waals surface area contributed by atoms with Gasteiger partial charge in [-0.3, -0.25) is 4.79 Å². The van der Waals surface area contributed by atoms with Crippen LogP contribution in [-0.4, -0.2) is 4.57 Å². The summed E-state index contributed by atoms with van der Waals surface area (Å²) in [5.74, 6) is 0.721. The molecule has 0 unspecified atom stereocenters. The van der Waals surface area contributed by atoms with Crippen molar-refractivity contribution in [3.8, 4) is 0 Å². The summed E-state index contributed by atoms with van der Waals surface area (Å²) in [6.07, 6.45) is 1.73. The van der Waals surface area contributed by atoms with E-state index in [1.807, 2.05) is 6.07 Å². The average molecular weight is 412 g/mol. The second-order valence-electron chi connectivity index (χ2n) is 3.15. The molecule has 2 heterocycles. The second kappa shape index (κ2) is 4.89. The summed E-state index contributed by atoms with van der Waals surface area (Å²) in [4.78, 5) is 11.8. The molecule has 0 aromatic carbocycles. The molecule has 2 rings (SSSR count). The standard InChI is InChI=1S/C10H6Br3NO2/c11-6-3-8(12)10(15)14(4-6)5-7-1-2-9(13)16-7/h1-4H,5H2. The van der Waals surface area contributed by atoms with Crippen LogP contribution in [0.1, 0.15) is 5.76 Å². The molecule has 84 valence electrons. The Morgan fingerprint density at radius 3 is 2.62 bits per heavy atom. The number of hydrogen-bond acceptors (Lipinski definition) is 2. The highest BCUT2D eigenvalue weighted by Crippen LogP contribution is 2.17. The Labute approximate surface area is 117 Å². The SMILES string of the molecule is O=c1c(Br)cc(Br)cn1Cc1ccc(Br)o1. The highest BCUT2D eigenvalue weighted by atomic mass is 79.9. The van der Waals surface area contributed by atoms with Gasteiger partial charge in [-0.1, -0.05) is 0 Å². The maximum atomic E-state index is 11.8. The zero-order valence-corrected chi connectivity index (χ0v) is 12.7. The lowest BCUT2D eigenvalue weighted by atomic mass is 10.4. The Morgan fingerprint density at radius 1 is 1.25 bits per heavy atom. The molecule has 0 N–H and O–H groups in total. The van der Waals surface area contributed by atoms with Gasteiger partial charge < -0.3 is 8.98 Å². The van der Waals surface area contributed by atoms with Gasteiger partial charge in [-0.15, -0.1) is 0 Å². The molecule has 0 amide bonds. The predicted molar refractivity (Wildman–Crippen MR) is 71.6 cm³/mol. The minimum Gasteiger partial charge on any atom is -0.452 e. The molecular formula is C10H6Br3NO2. The second-order valence-corrected chi connectivity index (χ2v) is 5.70. The van der Waals surface area contributed by atoms with E-state index in [0.29, 0.717) is 15.7 Å². The maximum absolute atomic E-state index is 11.8. The van der Waals surface area contributed by atoms with Crippen molar-refractivity contribution in [1.82, 2.24) is 4.57 Å². The Kier molecular flexibility index (Phi) is 3.71. The largest absolute Gasteiger partial charge is 0.452 e. The van der Waals surface area contributed by atoms with E-state index in [0.717, 1.165) is 10.2 Å². The van der Waals surface area contributed by atoms with Crippen LogP contribution < -0.4 is 5.56 Å². The maximum Gasteiger partial charge on any atom is 0.265 e. The molecule has 0 aliphatic rings. The van der Waals surface area contributed by atoms with Gasteiger partial charge in [0.15, 0.2) is 4.67 Å². The number of aromatic nitrogens is 1. The van der Waals surface area contributed by atoms with Gasteiger partial charge >= 0.3 is 0 Å². The van der Waals surface area contributed by atoms with Crippen molar-refractivity contribution in [2.24, 2.45) is 0 Å². The molecule has 0 radical (unpaired) electrons. The van der Waals surface area contributed by atoms with Crippen LogP contribution in [-0.2, 0) is 6.54 Å². The normalized spacial score (nSPS) is 10.7. The summed E-state index contributed by atoms with van der Waals surface area (Å²) in [5.41, 5.74) is -0.0873. The Morgan fingerprint density at radius 2 is 2.00 bits per heavy atom. The van der Waals surface area contributed by atoms with Crippen LogP contribution in [0.3, 0.4) is 0 Å². The number of pyridine rings is 1. The smallest absolute Gasteiger partial charge is 0.265 e. The molecule has 0 fully saturated rings. The van der Waals surface area contributed by atoms with Gasteiger partial charge in [0.2, 0.25) is 0 Å². The van der Waals surface area contributed by atoms with E-state index in [1.54, 1.807) is 22.9 Å². The Bertz CT molecular complexity index is 574. The minimum atomic E-state index is -0.0873. The zero-order valence-electron chi connectivity index (χ0n) is 7.91. The molecule has 0 atom stereocenters. The predicted octanol–water partition coefficient (Wildman–Crippen LogP) is 3.78. The van der Waals surface area contributed by atoms with Gasteiger partial charge in [-0.05, 0) is 66.0 Å². The molecule has 0 spiro atoms. The van der Waals surface area contributed by atoms with E-state index < -0.39 is 0 Å². The van der Waals surface area contributed by atoms with E-state index in [9.17, 15) is 4.79 Å². The van der Waals surface area contributed by atoms with Gasteiger partial charge in [0.25, 0.3) is 5.56 Å². The van der Waals surface area contributed by atoms with E-state index in [1.165, 1.54) is 0 Å². The number of nitrogens with zero attached hydrogens (tertiary/aromatic N) is 1. The molecule has 6 heteroatoms. The third kappa shape index (κ3) is 2.67. The summed E-state index contributed by atoms with van der Waals surface area (Å²) in [6.45, 7) is 0.405. The number of hydrogen-bond donors (Lipinski definition) is 0. The van der Waals surface area contributed by atoms with Gasteiger partial charge in [-0.2, -0.15) is 0 Å². The summed E-state index contributed by atoms with van der Waals surface area (Å²) >= 11 is 9.77. The quantitative estimate of drug-likeness (QED) is 0.754. The third-order valence-corrected chi connectivity index (χ3v) is 3.39. The van der Waals surface area contributed by atoms with Crippen LogP contribution >= 0.6 is 47.8 Å². The fourth-order valence-corrected chi connectivity index (χ4v) is 2.88. The highest BCUT2D eigenvalue weighted by Gasteiger charge is 2.06. The summed E-state index contributed by atoms with van der Waals surface area (Å²) in [5, 5.41) is 0. The molecular weight excluding hydrogens is 406 g/mol. The Balaban J connectivity index is 2.38. The monoisotopic (exact) mass is 409 g/mol. The number of halogens is 3. The molecule has 0 saturated heterocycles. The minimum absolute atomic E-state index is 0.0873. The van der Waals surface area contributed by atoms with E-state index in [-0.39, 0.29) is 5.56 Å². The van der Waals surface area contributed by atoms with Crippen molar-refractivity contribution in [2.45, 2.75) is 6.54 Å². The number of rotatable bonds is 2. The van der Waals surface area contributed by atoms with Crippen LogP contribution in [0.15, 0.2) is 47.2 Å². The van der Waals surface area contributed by atoms with E-state index in [2.05, 4.69) is 47.8 Å². The molecule has 2 aromatic heterocycles. The van der Waals surface area contributed by atoms with E-state index >= 15 is 0 Å². The van der Waals surface area contributed by atoms with Crippen molar-refractivity contribution in [1.29, 1.82) is 0 Å². The lowest BCUT2D eigenvalue weighted by Gasteiger charge is -2.04. The lowest BCUT2D eigenvalue weighted by molar-refractivity contribution is 0.470. The van der Waals surface area contributed by atoms with Crippen molar-refractivity contribution in [2.75, 3.05) is 0 Å². The van der Waals surface area contributed by atoms with Gasteiger partial charge in [-0.25, -0.2) is 0 Å². The summed E-state index contributed by atoms with van der Waals surface area (Å²) in [7, 11) is 0. The molecule has 0 aliphatic carbocycles. The zero-order chi connectivity index (χ0) is 11.7. The topological polar surface area (TPSA) is 35.1 Å². The first kappa shape index (κ1) is 12.1. The van der Waals surface area contributed by atoms with Crippen LogP contribution in [0.5, 0.6) is 0 Å². The van der Waals surface area contributed by atoms with Crippen LogP contribution in [0.25, 0.3) is 0 Å². The van der Waals surface area contributed by atoms with Crippen LogP contribution in [0.4, 0.5) is 0 Å². The van der Waals surface area contributed by atoms with Crippen LogP contribution in [0.2, 0.25) is 0 Å². The van der Waals surface area contributed by atoms with Gasteiger partial charge in [0.05, 0.1) is 11.0 Å². The van der Waals surface area contributed by atoms with Gasteiger partial charge in [0.1, 0.15) is 5.76 Å².